The van der Waals surface area contributed by atoms with Crippen LogP contribution in [0.25, 0.3) is 10.8 Å². The van der Waals surface area contributed by atoms with Crippen LogP contribution in [0.2, 0.25) is 0 Å². The predicted molar refractivity (Wildman–Crippen MR) is 78.3 cm³/mol. The molecule has 0 aliphatic carbocycles. The number of aromatic nitrogens is 1. The number of methoxy groups -OCH3 is 1. The first-order valence-electron chi connectivity index (χ1n) is 6.41. The van der Waals surface area contributed by atoms with Gasteiger partial charge in [-0.2, -0.15) is 0 Å². The molecule has 0 spiro atoms. The number of carbonyl (C=O) groups excluding carboxylic acids is 1. The fraction of sp³-hybridized carbons (Fsp3) is 0.286. The van der Waals surface area contributed by atoms with E-state index >= 15 is 0 Å². The maximum atomic E-state index is 11.5. The number of rotatable bonds is 5. The van der Waals surface area contributed by atoms with E-state index in [-0.39, 0.29) is 18.2 Å². The van der Waals surface area contributed by atoms with Gasteiger partial charge in [0.2, 0.25) is 0 Å². The van der Waals surface area contributed by atoms with Crippen LogP contribution >= 0.6 is 0 Å². The molecule has 7 heteroatoms. The average molecular weight is 289 g/mol. The molecular formula is C14H15N3O4. The van der Waals surface area contributed by atoms with E-state index in [1.807, 2.05) is 6.92 Å². The molecule has 0 bridgehead atoms. The number of ether oxygens (including phenoxy) is 1. The van der Waals surface area contributed by atoms with Gasteiger partial charge in [-0.25, -0.2) is 0 Å². The van der Waals surface area contributed by atoms with Crippen molar-refractivity contribution in [3.05, 3.63) is 40.7 Å². The van der Waals surface area contributed by atoms with E-state index < -0.39 is 4.92 Å². The van der Waals surface area contributed by atoms with E-state index in [1.165, 1.54) is 19.4 Å². The van der Waals surface area contributed by atoms with Gasteiger partial charge in [0.25, 0.3) is 5.69 Å². The number of nitro benzene ring substituents is 1. The quantitative estimate of drug-likeness (QED) is 0.476. The number of hydrogen-bond acceptors (Lipinski definition) is 6. The van der Waals surface area contributed by atoms with Crippen molar-refractivity contribution >= 4 is 28.1 Å². The summed E-state index contributed by atoms with van der Waals surface area (Å²) in [5.41, 5.74) is 0.738. The molecule has 1 aromatic heterocycles. The van der Waals surface area contributed by atoms with Crippen LogP contribution in [0.15, 0.2) is 30.6 Å². The van der Waals surface area contributed by atoms with Crippen molar-refractivity contribution in [3.8, 4) is 0 Å². The van der Waals surface area contributed by atoms with Crippen molar-refractivity contribution in [3.63, 3.8) is 0 Å². The summed E-state index contributed by atoms with van der Waals surface area (Å²) >= 11 is 0. The molecule has 0 atom stereocenters. The Morgan fingerprint density at radius 3 is 2.76 bits per heavy atom. The third-order valence-corrected chi connectivity index (χ3v) is 3.24. The summed E-state index contributed by atoms with van der Waals surface area (Å²) in [7, 11) is 1.33. The molecule has 0 N–H and O–H groups in total. The average Bonchev–Trinajstić information content (AvgIpc) is 2.51. The van der Waals surface area contributed by atoms with Crippen LogP contribution in [0.3, 0.4) is 0 Å². The maximum Gasteiger partial charge on any atom is 0.325 e. The van der Waals surface area contributed by atoms with E-state index in [0.717, 1.165) is 5.69 Å². The molecule has 0 saturated carbocycles. The number of anilines is 1. The maximum absolute atomic E-state index is 11.5. The van der Waals surface area contributed by atoms with E-state index in [2.05, 4.69) is 9.72 Å². The van der Waals surface area contributed by atoms with Crippen LogP contribution in [0.1, 0.15) is 6.92 Å². The van der Waals surface area contributed by atoms with Gasteiger partial charge >= 0.3 is 5.97 Å². The lowest BCUT2D eigenvalue weighted by molar-refractivity contribution is -0.383. The van der Waals surface area contributed by atoms with Gasteiger partial charge in [0.15, 0.2) is 0 Å². The van der Waals surface area contributed by atoms with Crippen LogP contribution in [-0.4, -0.2) is 36.1 Å². The third kappa shape index (κ3) is 2.91. The number of pyridine rings is 1. The Morgan fingerprint density at radius 1 is 1.38 bits per heavy atom. The first-order chi connectivity index (χ1) is 10.1. The number of non-ortho nitro benzene ring substituents is 1. The Balaban J connectivity index is 2.56. The lowest BCUT2D eigenvalue weighted by atomic mass is 10.1. The van der Waals surface area contributed by atoms with E-state index in [9.17, 15) is 14.9 Å². The normalized spacial score (nSPS) is 10.4. The predicted octanol–water partition coefficient (Wildman–Crippen LogP) is 2.14. The van der Waals surface area contributed by atoms with E-state index in [1.54, 1.807) is 23.2 Å². The fourth-order valence-corrected chi connectivity index (χ4v) is 2.18. The lowest BCUT2D eigenvalue weighted by Gasteiger charge is -2.23. The zero-order valence-electron chi connectivity index (χ0n) is 11.8. The van der Waals surface area contributed by atoms with Crippen LogP contribution in [0.5, 0.6) is 0 Å². The topological polar surface area (TPSA) is 85.6 Å². The van der Waals surface area contributed by atoms with Crippen molar-refractivity contribution in [1.29, 1.82) is 0 Å². The van der Waals surface area contributed by atoms with Crippen molar-refractivity contribution in [2.24, 2.45) is 0 Å². The minimum absolute atomic E-state index is 0.0188. The monoisotopic (exact) mass is 289 g/mol. The zero-order chi connectivity index (χ0) is 15.4. The van der Waals surface area contributed by atoms with Crippen LogP contribution < -0.4 is 4.90 Å². The highest BCUT2D eigenvalue weighted by Crippen LogP contribution is 2.32. The van der Waals surface area contributed by atoms with E-state index in [4.69, 9.17) is 0 Å². The summed E-state index contributed by atoms with van der Waals surface area (Å²) in [5, 5.41) is 12.2. The summed E-state index contributed by atoms with van der Waals surface area (Å²) in [5.74, 6) is -0.368. The molecule has 0 aliphatic rings. The van der Waals surface area contributed by atoms with Crippen molar-refractivity contribution in [2.75, 3.05) is 25.1 Å². The number of hydrogen-bond donors (Lipinski definition) is 0. The molecule has 0 radical (unpaired) electrons. The van der Waals surface area contributed by atoms with Gasteiger partial charge in [0.05, 0.1) is 17.4 Å². The smallest absolute Gasteiger partial charge is 0.325 e. The second kappa shape index (κ2) is 6.17. The number of nitro groups is 1. The van der Waals surface area contributed by atoms with Gasteiger partial charge in [0, 0.05) is 36.1 Å². The molecule has 0 fully saturated rings. The summed E-state index contributed by atoms with van der Waals surface area (Å²) in [6, 6.07) is 4.68. The lowest BCUT2D eigenvalue weighted by Crippen LogP contribution is -2.30. The number of benzene rings is 1. The van der Waals surface area contributed by atoms with Gasteiger partial charge in [0.1, 0.15) is 6.54 Å². The molecule has 7 nitrogen and oxygen atoms in total. The van der Waals surface area contributed by atoms with Crippen LogP contribution in [-0.2, 0) is 9.53 Å². The molecule has 1 heterocycles. The standard InChI is InChI=1S/C14H15N3O4/c1-3-16(9-14(18)21-2)12-4-5-13(17(19)20)10-6-7-15-8-11(10)12/h4-8H,3,9H2,1-2H3. The molecule has 0 unspecified atom stereocenters. The molecule has 0 saturated heterocycles. The van der Waals surface area contributed by atoms with Gasteiger partial charge in [-0.15, -0.1) is 0 Å². The van der Waals surface area contributed by atoms with Gasteiger partial charge < -0.3 is 9.64 Å². The van der Waals surface area contributed by atoms with Gasteiger partial charge in [-0.05, 0) is 19.1 Å². The molecular weight excluding hydrogens is 274 g/mol. The van der Waals surface area contributed by atoms with Crippen LogP contribution in [0, 0.1) is 10.1 Å². The molecule has 2 aromatic rings. The number of nitrogens with zero attached hydrogens (tertiary/aromatic N) is 3. The van der Waals surface area contributed by atoms with E-state index in [0.29, 0.717) is 17.3 Å². The Hall–Kier alpha value is -2.70. The molecule has 21 heavy (non-hydrogen) atoms. The number of esters is 1. The number of fused-ring (bicyclic) bond motifs is 1. The summed E-state index contributed by atoms with van der Waals surface area (Å²) in [4.78, 5) is 28.0. The Kier molecular flexibility index (Phi) is 4.32. The molecule has 110 valence electrons. The molecule has 1 aromatic carbocycles. The SMILES string of the molecule is CCN(CC(=O)OC)c1ccc([N+](=O)[O-])c2ccncc12. The minimum atomic E-state index is -0.428. The van der Waals surface area contributed by atoms with Crippen LogP contribution in [0.4, 0.5) is 11.4 Å². The first kappa shape index (κ1) is 14.7. The molecule has 0 aliphatic heterocycles. The minimum Gasteiger partial charge on any atom is -0.468 e. The Labute approximate surface area is 121 Å². The van der Waals surface area contributed by atoms with Crippen molar-refractivity contribution in [2.45, 2.75) is 6.92 Å². The summed E-state index contributed by atoms with van der Waals surface area (Å²) in [6.07, 6.45) is 3.08. The van der Waals surface area contributed by atoms with Gasteiger partial charge in [-0.1, -0.05) is 0 Å². The van der Waals surface area contributed by atoms with Gasteiger partial charge in [-0.3, -0.25) is 19.9 Å². The summed E-state index contributed by atoms with van der Waals surface area (Å²) < 4.78 is 4.67. The van der Waals surface area contributed by atoms with Crippen molar-refractivity contribution < 1.29 is 14.5 Å². The highest BCUT2D eigenvalue weighted by Gasteiger charge is 2.18. The van der Waals surface area contributed by atoms with Crippen molar-refractivity contribution in [1.82, 2.24) is 4.98 Å². The molecule has 0 amide bonds. The second-order valence-corrected chi connectivity index (χ2v) is 4.37. The Morgan fingerprint density at radius 2 is 2.14 bits per heavy atom. The highest BCUT2D eigenvalue weighted by molar-refractivity contribution is 6.00. The molecule has 2 rings (SSSR count). The Bertz CT molecular complexity index is 687. The number of likely N-dealkylation sites (N-methyl/N-ethyl adjacent to an activating group) is 1. The fourth-order valence-electron chi connectivity index (χ4n) is 2.18. The summed E-state index contributed by atoms with van der Waals surface area (Å²) in [6.45, 7) is 2.54. The largest absolute Gasteiger partial charge is 0.468 e. The second-order valence-electron chi connectivity index (χ2n) is 4.37. The zero-order valence-corrected chi connectivity index (χ0v) is 11.8. The third-order valence-electron chi connectivity index (χ3n) is 3.24. The first-order valence-corrected chi connectivity index (χ1v) is 6.41. The highest BCUT2D eigenvalue weighted by atomic mass is 16.6. The number of carbonyl (C=O) groups is 1.